The second-order valence-corrected chi connectivity index (χ2v) is 5.04. The van der Waals surface area contributed by atoms with Gasteiger partial charge in [-0.25, -0.2) is 4.79 Å². The summed E-state index contributed by atoms with van der Waals surface area (Å²) in [7, 11) is 0. The summed E-state index contributed by atoms with van der Waals surface area (Å²) in [5.41, 5.74) is 0.0902. The van der Waals surface area contributed by atoms with Crippen molar-refractivity contribution in [3.63, 3.8) is 0 Å². The summed E-state index contributed by atoms with van der Waals surface area (Å²) in [6.07, 6.45) is 0.219. The summed E-state index contributed by atoms with van der Waals surface area (Å²) in [4.78, 5) is 36.1. The number of carboxylic acid groups (broad SMARTS) is 1. The molecule has 1 aromatic heterocycles. The van der Waals surface area contributed by atoms with Crippen LogP contribution in [0.25, 0.3) is 0 Å². The van der Waals surface area contributed by atoms with Gasteiger partial charge in [-0.05, 0) is 19.9 Å². The quantitative estimate of drug-likeness (QED) is 0.835. The Bertz CT molecular complexity index is 578. The fourth-order valence-electron chi connectivity index (χ4n) is 2.42. The Morgan fingerprint density at radius 3 is 2.76 bits per heavy atom. The van der Waals surface area contributed by atoms with E-state index in [9.17, 15) is 14.4 Å². The summed E-state index contributed by atoms with van der Waals surface area (Å²) in [5, 5.41) is 11.6. The van der Waals surface area contributed by atoms with Gasteiger partial charge in [0.1, 0.15) is 17.1 Å². The Morgan fingerprint density at radius 1 is 1.52 bits per heavy atom. The maximum Gasteiger partial charge on any atom is 0.339 e. The molecule has 7 nitrogen and oxygen atoms in total. The zero-order chi connectivity index (χ0) is 15.6. The lowest BCUT2D eigenvalue weighted by atomic mass is 10.1. The number of aromatic carboxylic acids is 1. The smallest absolute Gasteiger partial charge is 0.339 e. The van der Waals surface area contributed by atoms with Gasteiger partial charge in [0.25, 0.3) is 0 Å². The van der Waals surface area contributed by atoms with Crippen LogP contribution in [0.4, 0.5) is 0 Å². The molecule has 1 aliphatic rings. The average molecular weight is 294 g/mol. The molecule has 1 fully saturated rings. The van der Waals surface area contributed by atoms with E-state index in [0.717, 1.165) is 0 Å². The third-order valence-electron chi connectivity index (χ3n) is 3.60. The number of hydrogen-bond donors (Lipinski definition) is 2. The van der Waals surface area contributed by atoms with E-state index in [1.165, 1.54) is 6.07 Å². The average Bonchev–Trinajstić information content (AvgIpc) is 2.99. The maximum atomic E-state index is 12.0. The van der Waals surface area contributed by atoms with Crippen LogP contribution in [0, 0.1) is 12.8 Å². The second kappa shape index (κ2) is 5.99. The van der Waals surface area contributed by atoms with Gasteiger partial charge in [-0.3, -0.25) is 9.59 Å². The van der Waals surface area contributed by atoms with E-state index >= 15 is 0 Å². The van der Waals surface area contributed by atoms with E-state index < -0.39 is 5.97 Å². The van der Waals surface area contributed by atoms with Crippen LogP contribution in [-0.2, 0) is 16.1 Å². The number of aryl methyl sites for hydroxylation is 1. The first-order valence-electron chi connectivity index (χ1n) is 6.80. The highest BCUT2D eigenvalue weighted by molar-refractivity contribution is 5.90. The van der Waals surface area contributed by atoms with E-state index in [4.69, 9.17) is 9.52 Å². The number of furan rings is 1. The molecule has 1 saturated heterocycles. The number of carboxylic acids is 1. The van der Waals surface area contributed by atoms with Gasteiger partial charge in [-0.1, -0.05) is 0 Å². The minimum atomic E-state index is -1.06. The van der Waals surface area contributed by atoms with Crippen LogP contribution in [0.5, 0.6) is 0 Å². The summed E-state index contributed by atoms with van der Waals surface area (Å²) in [6.45, 7) is 4.57. The molecule has 0 spiro atoms. The SMILES string of the molecule is CCN1CC(C(=O)NCc2cc(C(=O)O)c(C)o2)CC1=O. The summed E-state index contributed by atoms with van der Waals surface area (Å²) < 4.78 is 5.28. The van der Waals surface area contributed by atoms with E-state index in [-0.39, 0.29) is 36.3 Å². The first-order valence-corrected chi connectivity index (χ1v) is 6.80. The Labute approximate surface area is 121 Å². The first-order chi connectivity index (χ1) is 9.92. The Morgan fingerprint density at radius 2 is 2.24 bits per heavy atom. The third kappa shape index (κ3) is 3.24. The fourth-order valence-corrected chi connectivity index (χ4v) is 2.42. The maximum absolute atomic E-state index is 12.0. The van der Waals surface area contributed by atoms with Gasteiger partial charge in [-0.2, -0.15) is 0 Å². The lowest BCUT2D eigenvalue weighted by molar-refractivity contribution is -0.128. The van der Waals surface area contributed by atoms with Crippen LogP contribution in [-0.4, -0.2) is 40.9 Å². The molecule has 7 heteroatoms. The second-order valence-electron chi connectivity index (χ2n) is 5.04. The Balaban J connectivity index is 1.91. The molecular weight excluding hydrogens is 276 g/mol. The first kappa shape index (κ1) is 15.1. The minimum Gasteiger partial charge on any atom is -0.478 e. The van der Waals surface area contributed by atoms with Gasteiger partial charge >= 0.3 is 5.97 Å². The summed E-state index contributed by atoms with van der Waals surface area (Å²) >= 11 is 0. The molecule has 2 amide bonds. The van der Waals surface area contributed by atoms with Crippen LogP contribution in [0.2, 0.25) is 0 Å². The lowest BCUT2D eigenvalue weighted by Gasteiger charge is -2.13. The molecule has 2 rings (SSSR count). The van der Waals surface area contributed by atoms with Crippen LogP contribution in [0.15, 0.2) is 10.5 Å². The van der Waals surface area contributed by atoms with Gasteiger partial charge in [-0.15, -0.1) is 0 Å². The molecule has 1 atom stereocenters. The molecule has 2 N–H and O–H groups in total. The molecule has 114 valence electrons. The van der Waals surface area contributed by atoms with E-state index in [2.05, 4.69) is 5.32 Å². The van der Waals surface area contributed by atoms with Gasteiger partial charge < -0.3 is 19.7 Å². The third-order valence-corrected chi connectivity index (χ3v) is 3.60. The fraction of sp³-hybridized carbons (Fsp3) is 0.500. The van der Waals surface area contributed by atoms with Gasteiger partial charge in [0.2, 0.25) is 11.8 Å². The highest BCUT2D eigenvalue weighted by Crippen LogP contribution is 2.18. The minimum absolute atomic E-state index is 0.0142. The highest BCUT2D eigenvalue weighted by atomic mass is 16.4. The highest BCUT2D eigenvalue weighted by Gasteiger charge is 2.33. The Hall–Kier alpha value is -2.31. The zero-order valence-electron chi connectivity index (χ0n) is 12.0. The van der Waals surface area contributed by atoms with Gasteiger partial charge in [0.15, 0.2) is 0 Å². The molecule has 0 aliphatic carbocycles. The predicted octanol–water partition coefficient (Wildman–Crippen LogP) is 0.771. The molecule has 0 bridgehead atoms. The monoisotopic (exact) mass is 294 g/mol. The van der Waals surface area contributed by atoms with Crippen molar-refractivity contribution in [1.29, 1.82) is 0 Å². The topological polar surface area (TPSA) is 99.8 Å². The van der Waals surface area contributed by atoms with Crippen molar-refractivity contribution in [3.8, 4) is 0 Å². The Kier molecular flexibility index (Phi) is 4.30. The van der Waals surface area contributed by atoms with Gasteiger partial charge in [0, 0.05) is 19.5 Å². The van der Waals surface area contributed by atoms with E-state index in [1.54, 1.807) is 11.8 Å². The number of likely N-dealkylation sites (tertiary alicyclic amines) is 1. The van der Waals surface area contributed by atoms with Crippen LogP contribution >= 0.6 is 0 Å². The summed E-state index contributed by atoms with van der Waals surface area (Å²) in [5.74, 6) is -0.957. The number of carbonyl (C=O) groups is 3. The molecule has 2 heterocycles. The van der Waals surface area contributed by atoms with Crippen molar-refractivity contribution >= 4 is 17.8 Å². The number of amides is 2. The molecule has 1 unspecified atom stereocenters. The zero-order valence-corrected chi connectivity index (χ0v) is 12.0. The largest absolute Gasteiger partial charge is 0.478 e. The van der Waals surface area contributed by atoms with E-state index in [0.29, 0.717) is 24.6 Å². The van der Waals surface area contributed by atoms with Crippen LogP contribution < -0.4 is 5.32 Å². The van der Waals surface area contributed by atoms with Crippen molar-refractivity contribution < 1.29 is 23.9 Å². The number of hydrogen-bond acceptors (Lipinski definition) is 4. The summed E-state index contributed by atoms with van der Waals surface area (Å²) in [6, 6.07) is 1.40. The van der Waals surface area contributed by atoms with Crippen molar-refractivity contribution in [2.75, 3.05) is 13.1 Å². The number of nitrogens with zero attached hydrogens (tertiary/aromatic N) is 1. The molecule has 0 aromatic carbocycles. The van der Waals surface area contributed by atoms with Crippen molar-refractivity contribution in [2.45, 2.75) is 26.8 Å². The van der Waals surface area contributed by atoms with Crippen molar-refractivity contribution in [1.82, 2.24) is 10.2 Å². The van der Waals surface area contributed by atoms with Gasteiger partial charge in [0.05, 0.1) is 12.5 Å². The molecule has 0 radical (unpaired) electrons. The standard InChI is InChI=1S/C14H18N2O5/c1-3-16-7-9(4-12(16)17)13(18)15-6-10-5-11(14(19)20)8(2)21-10/h5,9H,3-4,6-7H2,1-2H3,(H,15,18)(H,19,20). The number of nitrogens with one attached hydrogen (secondary N) is 1. The van der Waals surface area contributed by atoms with Crippen LogP contribution in [0.3, 0.4) is 0 Å². The number of carbonyl (C=O) groups excluding carboxylic acids is 2. The van der Waals surface area contributed by atoms with Crippen molar-refractivity contribution in [3.05, 3.63) is 23.2 Å². The molecule has 1 aliphatic heterocycles. The molecule has 0 saturated carbocycles. The molecule has 1 aromatic rings. The van der Waals surface area contributed by atoms with Crippen LogP contribution in [0.1, 0.15) is 35.2 Å². The number of rotatable bonds is 5. The lowest BCUT2D eigenvalue weighted by Crippen LogP contribution is -2.32. The normalized spacial score (nSPS) is 18.1. The molecular formula is C14H18N2O5. The van der Waals surface area contributed by atoms with E-state index in [1.807, 2.05) is 6.92 Å². The van der Waals surface area contributed by atoms with Crippen molar-refractivity contribution in [2.24, 2.45) is 5.92 Å². The predicted molar refractivity (Wildman–Crippen MR) is 72.6 cm³/mol. The molecule has 21 heavy (non-hydrogen) atoms.